The van der Waals surface area contributed by atoms with Gasteiger partial charge in [-0.1, -0.05) is 37.3 Å². The minimum absolute atomic E-state index is 0.0360. The normalized spacial score (nSPS) is 16.7. The molecule has 0 radical (unpaired) electrons. The third-order valence-corrected chi connectivity index (χ3v) is 9.21. The van der Waals surface area contributed by atoms with Crippen LogP contribution in [0.15, 0.2) is 47.4 Å². The Bertz CT molecular complexity index is 1240. The third kappa shape index (κ3) is 4.83. The molecule has 1 aliphatic heterocycles. The van der Waals surface area contributed by atoms with Crippen LogP contribution < -0.4 is 4.90 Å². The summed E-state index contributed by atoms with van der Waals surface area (Å²) in [5.74, 6) is 0.116. The summed E-state index contributed by atoms with van der Waals surface area (Å²) in [6.07, 6.45) is 1.84. The second-order valence-corrected chi connectivity index (χ2v) is 12.5. The lowest BCUT2D eigenvalue weighted by Crippen LogP contribution is -2.37. The van der Waals surface area contributed by atoms with Crippen molar-refractivity contribution in [2.75, 3.05) is 18.1 Å². The summed E-state index contributed by atoms with van der Waals surface area (Å²) < 4.78 is 31.8. The predicted octanol–water partition coefficient (Wildman–Crippen LogP) is 5.43. The maximum absolute atomic E-state index is 13.6. The molecule has 0 N–H and O–H groups in total. The van der Waals surface area contributed by atoms with Crippen LogP contribution in [0.5, 0.6) is 0 Å². The molecule has 0 spiro atoms. The minimum atomic E-state index is -3.40. The van der Waals surface area contributed by atoms with Gasteiger partial charge in [-0.05, 0) is 68.5 Å². The van der Waals surface area contributed by atoms with E-state index in [1.54, 1.807) is 30.9 Å². The summed E-state index contributed by atoms with van der Waals surface area (Å²) in [6, 6.07) is 12.4. The van der Waals surface area contributed by atoms with Crippen LogP contribution in [0.3, 0.4) is 0 Å². The fourth-order valence-electron chi connectivity index (χ4n) is 3.99. The van der Waals surface area contributed by atoms with Gasteiger partial charge in [0.2, 0.25) is 0 Å². The number of rotatable bonds is 7. The van der Waals surface area contributed by atoms with E-state index in [0.717, 1.165) is 28.6 Å². The van der Waals surface area contributed by atoms with E-state index in [1.807, 2.05) is 12.1 Å². The highest BCUT2D eigenvalue weighted by Gasteiger charge is 2.28. The number of fused-ring (bicyclic) bond motifs is 1. The van der Waals surface area contributed by atoms with Crippen molar-refractivity contribution in [1.29, 1.82) is 0 Å². The van der Waals surface area contributed by atoms with Gasteiger partial charge in [0.15, 0.2) is 15.0 Å². The van der Waals surface area contributed by atoms with Crippen molar-refractivity contribution in [2.45, 2.75) is 62.7 Å². The number of anilines is 1. The third-order valence-electron chi connectivity index (χ3n) is 6.00. The first-order valence-corrected chi connectivity index (χ1v) is 13.7. The van der Waals surface area contributed by atoms with E-state index in [1.165, 1.54) is 23.5 Å². The summed E-state index contributed by atoms with van der Waals surface area (Å²) in [5, 5.41) is 0.116. The van der Waals surface area contributed by atoms with Crippen LogP contribution in [0, 0.1) is 0 Å². The topological polar surface area (TPSA) is 76.6 Å². The van der Waals surface area contributed by atoms with Crippen molar-refractivity contribution in [3.63, 3.8) is 0 Å². The maximum Gasteiger partial charge on any atom is 0.260 e. The van der Waals surface area contributed by atoms with Crippen LogP contribution in [0.1, 0.15) is 62.4 Å². The molecule has 6 nitrogen and oxygen atoms in total. The van der Waals surface area contributed by atoms with Gasteiger partial charge in [0, 0.05) is 12.2 Å². The molecule has 1 amide bonds. The van der Waals surface area contributed by atoms with Gasteiger partial charge in [0.1, 0.15) is 0 Å². The summed E-state index contributed by atoms with van der Waals surface area (Å²) in [7, 11) is -3.40. The number of carbonyl (C=O) groups is 1. The van der Waals surface area contributed by atoms with E-state index in [0.29, 0.717) is 29.8 Å². The first-order valence-electron chi connectivity index (χ1n) is 11.4. The number of hydrogen-bond donors (Lipinski definition) is 0. The summed E-state index contributed by atoms with van der Waals surface area (Å²) in [6.45, 7) is 8.69. The molecule has 1 aliphatic rings. The molecule has 0 bridgehead atoms. The highest BCUT2D eigenvalue weighted by molar-refractivity contribution is 7.92. The monoisotopic (exact) mass is 486 g/mol. The molecule has 33 heavy (non-hydrogen) atoms. The molecule has 176 valence electrons. The molecular weight excluding hydrogens is 456 g/mol. The average molecular weight is 487 g/mol. The first kappa shape index (κ1) is 23.9. The molecule has 2 aromatic carbocycles. The second-order valence-electron chi connectivity index (χ2n) is 9.01. The standard InChI is InChI=1S/C25H30N2O4S2/c1-16(2)21-8-5-9-22-23(21)26-25(32-22)27(15-19-7-6-14-31-19)24(28)18-10-12-20(13-11-18)33(29,30)17(3)4/h5,8-13,16-17,19H,6-7,14-15H2,1-4H3. The first-order chi connectivity index (χ1) is 15.7. The van der Waals surface area contributed by atoms with Crippen molar-refractivity contribution < 1.29 is 17.9 Å². The lowest BCUT2D eigenvalue weighted by molar-refractivity contribution is 0.0917. The van der Waals surface area contributed by atoms with E-state index in [4.69, 9.17) is 9.72 Å². The Kier molecular flexibility index (Phi) is 6.88. The Balaban J connectivity index is 1.71. The molecule has 3 aromatic rings. The Morgan fingerprint density at radius 1 is 1.15 bits per heavy atom. The van der Waals surface area contributed by atoms with Gasteiger partial charge in [-0.25, -0.2) is 13.4 Å². The molecule has 1 fully saturated rings. The zero-order chi connectivity index (χ0) is 23.8. The van der Waals surface area contributed by atoms with E-state index in [-0.39, 0.29) is 16.9 Å². The second kappa shape index (κ2) is 9.52. The predicted molar refractivity (Wildman–Crippen MR) is 133 cm³/mol. The van der Waals surface area contributed by atoms with Crippen molar-refractivity contribution >= 4 is 42.4 Å². The van der Waals surface area contributed by atoms with Gasteiger partial charge in [-0.15, -0.1) is 0 Å². The number of aromatic nitrogens is 1. The van der Waals surface area contributed by atoms with Crippen LogP contribution in [-0.2, 0) is 14.6 Å². The summed E-state index contributed by atoms with van der Waals surface area (Å²) in [5.41, 5.74) is 2.51. The van der Waals surface area contributed by atoms with E-state index < -0.39 is 15.1 Å². The van der Waals surface area contributed by atoms with Gasteiger partial charge >= 0.3 is 0 Å². The lowest BCUT2D eigenvalue weighted by Gasteiger charge is -2.23. The van der Waals surface area contributed by atoms with Gasteiger partial charge in [0.25, 0.3) is 5.91 Å². The zero-order valence-corrected chi connectivity index (χ0v) is 21.1. The van der Waals surface area contributed by atoms with Crippen molar-refractivity contribution in [3.8, 4) is 0 Å². The highest BCUT2D eigenvalue weighted by Crippen LogP contribution is 2.35. The minimum Gasteiger partial charge on any atom is -0.376 e. The Morgan fingerprint density at radius 3 is 2.48 bits per heavy atom. The Hall–Kier alpha value is -2.29. The largest absolute Gasteiger partial charge is 0.376 e. The number of hydrogen-bond acceptors (Lipinski definition) is 6. The van der Waals surface area contributed by atoms with Crippen LogP contribution in [0.2, 0.25) is 0 Å². The van der Waals surface area contributed by atoms with E-state index >= 15 is 0 Å². The number of sulfone groups is 1. The van der Waals surface area contributed by atoms with Crippen molar-refractivity contribution in [3.05, 3.63) is 53.6 Å². The molecule has 1 atom stereocenters. The van der Waals surface area contributed by atoms with Crippen LogP contribution >= 0.6 is 11.3 Å². The fourth-order valence-corrected chi connectivity index (χ4v) is 6.06. The maximum atomic E-state index is 13.6. The number of thiazole rings is 1. The summed E-state index contributed by atoms with van der Waals surface area (Å²) >= 11 is 1.50. The van der Waals surface area contributed by atoms with Gasteiger partial charge in [0.05, 0.1) is 33.0 Å². The molecule has 1 aromatic heterocycles. The quantitative estimate of drug-likeness (QED) is 0.445. The van der Waals surface area contributed by atoms with Gasteiger partial charge in [-0.2, -0.15) is 0 Å². The Labute approximate surface area is 199 Å². The smallest absolute Gasteiger partial charge is 0.260 e. The van der Waals surface area contributed by atoms with Crippen molar-refractivity contribution in [2.24, 2.45) is 0 Å². The number of benzene rings is 2. The number of para-hydroxylation sites is 1. The molecule has 1 unspecified atom stereocenters. The SMILES string of the molecule is CC(C)c1cccc2sc(N(CC3CCCO3)C(=O)c3ccc(S(=O)(=O)C(C)C)cc3)nc12. The van der Waals surface area contributed by atoms with E-state index in [2.05, 4.69) is 19.9 Å². The Morgan fingerprint density at radius 2 is 1.88 bits per heavy atom. The molecular formula is C25H30N2O4S2. The highest BCUT2D eigenvalue weighted by atomic mass is 32.2. The molecule has 8 heteroatoms. The number of nitrogens with zero attached hydrogens (tertiary/aromatic N) is 2. The molecule has 2 heterocycles. The number of carbonyl (C=O) groups excluding carboxylic acids is 1. The average Bonchev–Trinajstić information content (AvgIpc) is 3.46. The lowest BCUT2D eigenvalue weighted by atomic mass is 10.0. The molecule has 4 rings (SSSR count). The van der Waals surface area contributed by atoms with Crippen LogP contribution in [-0.4, -0.2) is 43.8 Å². The molecule has 0 saturated carbocycles. The van der Waals surface area contributed by atoms with Crippen molar-refractivity contribution in [1.82, 2.24) is 4.98 Å². The van der Waals surface area contributed by atoms with E-state index in [9.17, 15) is 13.2 Å². The molecule has 0 aliphatic carbocycles. The fraction of sp³-hybridized carbons (Fsp3) is 0.440. The zero-order valence-electron chi connectivity index (χ0n) is 19.4. The van der Waals surface area contributed by atoms with Gasteiger partial charge in [-0.3, -0.25) is 9.69 Å². The van der Waals surface area contributed by atoms with Crippen LogP contribution in [0.4, 0.5) is 5.13 Å². The molecule has 1 saturated heterocycles. The van der Waals surface area contributed by atoms with Crippen LogP contribution in [0.25, 0.3) is 10.2 Å². The van der Waals surface area contributed by atoms with Gasteiger partial charge < -0.3 is 4.74 Å². The summed E-state index contributed by atoms with van der Waals surface area (Å²) in [4.78, 5) is 20.4. The number of ether oxygens (including phenoxy) is 1. The number of amides is 1.